The molecule has 0 spiro atoms. The zero-order valence-electron chi connectivity index (χ0n) is 15.5. The van der Waals surface area contributed by atoms with Gasteiger partial charge in [0.2, 0.25) is 17.7 Å². The van der Waals surface area contributed by atoms with E-state index in [9.17, 15) is 18.8 Å². The molecular formula is C20H22FN3O4. The van der Waals surface area contributed by atoms with Gasteiger partial charge in [0, 0.05) is 6.54 Å². The molecule has 0 saturated carbocycles. The molecule has 5 atom stereocenters. The van der Waals surface area contributed by atoms with E-state index in [4.69, 9.17) is 4.74 Å². The number of imide groups is 1. The van der Waals surface area contributed by atoms with E-state index < -0.39 is 29.6 Å². The number of anilines is 1. The summed E-state index contributed by atoms with van der Waals surface area (Å²) in [6.07, 6.45) is 1.65. The number of nitrogens with zero attached hydrogens (tertiary/aromatic N) is 1. The first-order chi connectivity index (χ1) is 13.5. The predicted molar refractivity (Wildman–Crippen MR) is 96.6 cm³/mol. The fourth-order valence-electron chi connectivity index (χ4n) is 5.10. The van der Waals surface area contributed by atoms with Crippen molar-refractivity contribution in [3.05, 3.63) is 29.1 Å². The Morgan fingerprint density at radius 1 is 1.25 bits per heavy atom. The number of rotatable bonds is 3. The number of carbonyl (C=O) groups is 3. The number of likely N-dealkylation sites (tertiary alicyclic amines) is 1. The molecule has 3 amide bonds. The van der Waals surface area contributed by atoms with Gasteiger partial charge in [-0.1, -0.05) is 6.07 Å². The van der Waals surface area contributed by atoms with Crippen LogP contribution in [0.3, 0.4) is 0 Å². The van der Waals surface area contributed by atoms with Gasteiger partial charge in [-0.25, -0.2) is 4.39 Å². The number of ether oxygens (including phenoxy) is 1. The van der Waals surface area contributed by atoms with E-state index in [-0.39, 0.29) is 29.7 Å². The maximum atomic E-state index is 14.8. The lowest BCUT2D eigenvalue weighted by atomic mass is 9.81. The first-order valence-corrected chi connectivity index (χ1v) is 9.81. The van der Waals surface area contributed by atoms with Gasteiger partial charge in [-0.05, 0) is 49.9 Å². The molecule has 0 aliphatic carbocycles. The number of benzene rings is 1. The third-order valence-electron chi connectivity index (χ3n) is 6.55. The summed E-state index contributed by atoms with van der Waals surface area (Å²) in [4.78, 5) is 39.4. The largest absolute Gasteiger partial charge is 0.373 e. The lowest BCUT2D eigenvalue weighted by Crippen LogP contribution is -2.47. The molecule has 4 aliphatic rings. The Bertz CT molecular complexity index is 860. The molecule has 1 aromatic carbocycles. The third-order valence-corrected chi connectivity index (χ3v) is 6.55. The second-order valence-electron chi connectivity index (χ2n) is 8.05. The van der Waals surface area contributed by atoms with Crippen LogP contribution in [0.2, 0.25) is 0 Å². The molecule has 3 fully saturated rings. The van der Waals surface area contributed by atoms with Crippen molar-refractivity contribution in [3.8, 4) is 0 Å². The number of fused-ring (bicyclic) bond motifs is 6. The monoisotopic (exact) mass is 387 g/mol. The summed E-state index contributed by atoms with van der Waals surface area (Å²) < 4.78 is 20.5. The Balaban J connectivity index is 1.35. The van der Waals surface area contributed by atoms with E-state index in [2.05, 4.69) is 10.6 Å². The molecule has 0 radical (unpaired) electrons. The van der Waals surface area contributed by atoms with Crippen LogP contribution in [0.1, 0.15) is 30.9 Å². The van der Waals surface area contributed by atoms with Gasteiger partial charge in [0.25, 0.3) is 0 Å². The molecule has 5 rings (SSSR count). The van der Waals surface area contributed by atoms with E-state index in [1.165, 1.54) is 13.0 Å². The van der Waals surface area contributed by atoms with Crippen LogP contribution in [0.5, 0.6) is 0 Å². The van der Waals surface area contributed by atoms with Gasteiger partial charge in [-0.3, -0.25) is 19.3 Å². The molecule has 8 heteroatoms. The smallest absolute Gasteiger partial charge is 0.247 e. The maximum Gasteiger partial charge on any atom is 0.247 e. The second-order valence-corrected chi connectivity index (χ2v) is 8.05. The van der Waals surface area contributed by atoms with Gasteiger partial charge in [-0.2, -0.15) is 0 Å². The van der Waals surface area contributed by atoms with Crippen molar-refractivity contribution in [1.29, 1.82) is 0 Å². The second kappa shape index (κ2) is 6.35. The Morgan fingerprint density at radius 3 is 2.61 bits per heavy atom. The van der Waals surface area contributed by atoms with Crippen LogP contribution in [0, 0.1) is 17.7 Å². The van der Waals surface area contributed by atoms with Gasteiger partial charge in [-0.15, -0.1) is 0 Å². The van der Waals surface area contributed by atoms with Gasteiger partial charge in [0.1, 0.15) is 11.9 Å². The summed E-state index contributed by atoms with van der Waals surface area (Å²) in [6, 6.07) is 2.32. The van der Waals surface area contributed by atoms with E-state index in [0.717, 1.165) is 23.3 Å². The van der Waals surface area contributed by atoms with Crippen LogP contribution in [0.15, 0.2) is 12.1 Å². The molecule has 0 aromatic heterocycles. The van der Waals surface area contributed by atoms with Crippen LogP contribution in [0.4, 0.5) is 10.1 Å². The lowest BCUT2D eigenvalue weighted by molar-refractivity contribution is -0.148. The summed E-state index contributed by atoms with van der Waals surface area (Å²) >= 11 is 0. The van der Waals surface area contributed by atoms with Crippen LogP contribution < -0.4 is 10.6 Å². The first kappa shape index (κ1) is 17.8. The Hall–Kier alpha value is -2.32. The van der Waals surface area contributed by atoms with E-state index in [1.54, 1.807) is 6.07 Å². The number of halogens is 1. The highest BCUT2D eigenvalue weighted by Gasteiger charge is 2.63. The van der Waals surface area contributed by atoms with Gasteiger partial charge >= 0.3 is 0 Å². The molecule has 4 aliphatic heterocycles. The fraction of sp³-hybridized carbons (Fsp3) is 0.550. The average Bonchev–Trinajstić information content (AvgIpc) is 3.37. The number of hydrogen-bond donors (Lipinski definition) is 2. The zero-order chi connectivity index (χ0) is 19.6. The van der Waals surface area contributed by atoms with Crippen LogP contribution in [-0.2, 0) is 32.1 Å². The number of nitrogens with one attached hydrogen (secondary N) is 2. The van der Waals surface area contributed by atoms with E-state index >= 15 is 0 Å². The highest BCUT2D eigenvalue weighted by Crippen LogP contribution is 2.48. The highest BCUT2D eigenvalue weighted by molar-refractivity contribution is 6.10. The summed E-state index contributed by atoms with van der Waals surface area (Å²) in [5.74, 6) is -2.66. The van der Waals surface area contributed by atoms with Crippen molar-refractivity contribution in [3.63, 3.8) is 0 Å². The number of amides is 3. The topological polar surface area (TPSA) is 87.7 Å². The minimum atomic E-state index is -0.998. The van der Waals surface area contributed by atoms with E-state index in [0.29, 0.717) is 25.1 Å². The lowest BCUT2D eigenvalue weighted by Gasteiger charge is -2.24. The minimum absolute atomic E-state index is 0.0835. The SMILES string of the molecule is CC(C(=O)Nc1ccc2c(c1F)CCNC2)N1C(=O)C2C3CCC(O3)C2C1=O. The van der Waals surface area contributed by atoms with Crippen molar-refractivity contribution >= 4 is 23.4 Å². The molecule has 2 bridgehead atoms. The van der Waals surface area contributed by atoms with Crippen LogP contribution >= 0.6 is 0 Å². The van der Waals surface area contributed by atoms with Crippen molar-refractivity contribution in [1.82, 2.24) is 10.2 Å². The summed E-state index contributed by atoms with van der Waals surface area (Å²) in [5, 5.41) is 5.75. The normalized spacial score (nSPS) is 31.7. The van der Waals surface area contributed by atoms with Gasteiger partial charge in [0.05, 0.1) is 29.7 Å². The summed E-state index contributed by atoms with van der Waals surface area (Å²) in [7, 11) is 0. The molecule has 7 nitrogen and oxygen atoms in total. The van der Waals surface area contributed by atoms with E-state index in [1.807, 2.05) is 0 Å². The number of hydrogen-bond acceptors (Lipinski definition) is 5. The molecular weight excluding hydrogens is 365 g/mol. The quantitative estimate of drug-likeness (QED) is 0.755. The average molecular weight is 387 g/mol. The minimum Gasteiger partial charge on any atom is -0.373 e. The maximum absolute atomic E-state index is 14.8. The molecule has 1 aromatic rings. The van der Waals surface area contributed by atoms with Gasteiger partial charge in [0.15, 0.2) is 0 Å². The van der Waals surface area contributed by atoms with Crippen molar-refractivity contribution in [2.24, 2.45) is 11.8 Å². The molecule has 2 N–H and O–H groups in total. The van der Waals surface area contributed by atoms with Gasteiger partial charge < -0.3 is 15.4 Å². The Kier molecular flexibility index (Phi) is 4.03. The van der Waals surface area contributed by atoms with Crippen molar-refractivity contribution in [2.45, 2.75) is 51.0 Å². The molecule has 5 unspecified atom stereocenters. The third kappa shape index (κ3) is 2.44. The fourth-order valence-corrected chi connectivity index (χ4v) is 5.10. The molecule has 3 saturated heterocycles. The Morgan fingerprint density at radius 2 is 1.93 bits per heavy atom. The van der Waals surface area contributed by atoms with Crippen LogP contribution in [0.25, 0.3) is 0 Å². The summed E-state index contributed by atoms with van der Waals surface area (Å²) in [5.41, 5.74) is 1.56. The molecule has 148 valence electrons. The van der Waals surface area contributed by atoms with Crippen LogP contribution in [-0.4, -0.2) is 47.4 Å². The predicted octanol–water partition coefficient (Wildman–Crippen LogP) is 0.961. The summed E-state index contributed by atoms with van der Waals surface area (Å²) in [6.45, 7) is 2.79. The number of carbonyl (C=O) groups excluding carboxylic acids is 3. The first-order valence-electron chi connectivity index (χ1n) is 9.81. The Labute approximate surface area is 161 Å². The molecule has 28 heavy (non-hydrogen) atoms. The standard InChI is InChI=1S/C20H22FN3O4/c1-9(24-19(26)15-13-4-5-14(28-13)16(15)20(24)27)18(25)23-12-3-2-10-8-22-7-6-11(10)17(12)21/h2-3,9,13-16,22H,4-8H2,1H3,(H,23,25). The zero-order valence-corrected chi connectivity index (χ0v) is 15.5. The highest BCUT2D eigenvalue weighted by atomic mass is 19.1. The van der Waals surface area contributed by atoms with Crippen molar-refractivity contribution in [2.75, 3.05) is 11.9 Å². The molecule has 4 heterocycles. The van der Waals surface area contributed by atoms with Crippen molar-refractivity contribution < 1.29 is 23.5 Å².